The van der Waals surface area contributed by atoms with Gasteiger partial charge in [0.2, 0.25) is 0 Å². The van der Waals surface area contributed by atoms with E-state index in [2.05, 4.69) is 4.98 Å². The molecule has 7 heteroatoms. The SMILES string of the molecule is CC[CH]c1cnc(C(F)(F)F)cc1C(F)(F)F. The molecule has 0 N–H and O–H groups in total. The van der Waals surface area contributed by atoms with Gasteiger partial charge in [-0.3, -0.25) is 4.98 Å². The van der Waals surface area contributed by atoms with Gasteiger partial charge in [-0.15, -0.1) is 0 Å². The molecular formula is C10H8F6N. The van der Waals surface area contributed by atoms with Crippen molar-refractivity contribution in [3.05, 3.63) is 35.5 Å². The number of rotatable bonds is 2. The van der Waals surface area contributed by atoms with Gasteiger partial charge in [-0.2, -0.15) is 26.3 Å². The number of alkyl halides is 6. The highest BCUT2D eigenvalue weighted by molar-refractivity contribution is 5.35. The largest absolute Gasteiger partial charge is 0.433 e. The fraction of sp³-hybridized carbons (Fsp3) is 0.400. The van der Waals surface area contributed by atoms with Crippen LogP contribution in [0.5, 0.6) is 0 Å². The number of aromatic nitrogens is 1. The second kappa shape index (κ2) is 4.54. The van der Waals surface area contributed by atoms with Crippen LogP contribution in [0.4, 0.5) is 26.3 Å². The molecule has 0 aliphatic heterocycles. The summed E-state index contributed by atoms with van der Waals surface area (Å²) in [4.78, 5) is 2.99. The molecule has 0 amide bonds. The number of halogens is 6. The molecule has 0 aliphatic rings. The van der Waals surface area contributed by atoms with Gasteiger partial charge in [-0.05, 0) is 24.5 Å². The van der Waals surface area contributed by atoms with E-state index in [1.165, 1.54) is 6.42 Å². The Morgan fingerprint density at radius 1 is 1.12 bits per heavy atom. The van der Waals surface area contributed by atoms with Crippen molar-refractivity contribution in [3.63, 3.8) is 0 Å². The Bertz CT molecular complexity index is 393. The van der Waals surface area contributed by atoms with Crippen LogP contribution in [0.1, 0.15) is 30.2 Å². The second-order valence-corrected chi connectivity index (χ2v) is 3.26. The highest BCUT2D eigenvalue weighted by atomic mass is 19.4. The van der Waals surface area contributed by atoms with E-state index in [-0.39, 0.29) is 18.1 Å². The molecule has 1 rings (SSSR count). The van der Waals surface area contributed by atoms with E-state index in [0.29, 0.717) is 6.20 Å². The number of hydrogen-bond donors (Lipinski definition) is 0. The highest BCUT2D eigenvalue weighted by Crippen LogP contribution is 2.36. The lowest BCUT2D eigenvalue weighted by Gasteiger charge is -2.14. The first kappa shape index (κ1) is 13.8. The second-order valence-electron chi connectivity index (χ2n) is 3.26. The zero-order valence-electron chi connectivity index (χ0n) is 8.65. The minimum Gasteiger partial charge on any atom is -0.251 e. The van der Waals surface area contributed by atoms with Crippen LogP contribution in [0.25, 0.3) is 0 Å². The topological polar surface area (TPSA) is 12.9 Å². The van der Waals surface area contributed by atoms with Crippen molar-refractivity contribution in [1.82, 2.24) is 4.98 Å². The van der Waals surface area contributed by atoms with E-state index in [1.54, 1.807) is 6.92 Å². The first-order chi connectivity index (χ1) is 7.66. The Kier molecular flexibility index (Phi) is 3.68. The van der Waals surface area contributed by atoms with E-state index < -0.39 is 23.6 Å². The maximum atomic E-state index is 12.5. The lowest BCUT2D eigenvalue weighted by atomic mass is 10.0. The van der Waals surface area contributed by atoms with Gasteiger partial charge in [-0.25, -0.2) is 0 Å². The normalized spacial score (nSPS) is 12.9. The molecule has 0 unspecified atom stereocenters. The summed E-state index contributed by atoms with van der Waals surface area (Å²) in [7, 11) is 0. The Morgan fingerprint density at radius 3 is 2.12 bits per heavy atom. The summed E-state index contributed by atoms with van der Waals surface area (Å²) >= 11 is 0. The minimum atomic E-state index is -4.88. The fourth-order valence-corrected chi connectivity index (χ4v) is 1.25. The number of hydrogen-bond acceptors (Lipinski definition) is 1. The average Bonchev–Trinajstić information content (AvgIpc) is 2.15. The summed E-state index contributed by atoms with van der Waals surface area (Å²) in [6, 6.07) is 0.0293. The van der Waals surface area contributed by atoms with Crippen molar-refractivity contribution < 1.29 is 26.3 Å². The van der Waals surface area contributed by atoms with Crippen LogP contribution in [-0.4, -0.2) is 4.98 Å². The van der Waals surface area contributed by atoms with Gasteiger partial charge in [0.15, 0.2) is 0 Å². The molecule has 1 radical (unpaired) electrons. The minimum absolute atomic E-state index is 0.0293. The van der Waals surface area contributed by atoms with Crippen molar-refractivity contribution in [2.24, 2.45) is 0 Å². The summed E-state index contributed by atoms with van der Waals surface area (Å²) in [5, 5.41) is 0. The van der Waals surface area contributed by atoms with Gasteiger partial charge >= 0.3 is 12.4 Å². The third-order valence-electron chi connectivity index (χ3n) is 1.95. The Morgan fingerprint density at radius 2 is 1.71 bits per heavy atom. The maximum absolute atomic E-state index is 12.5. The van der Waals surface area contributed by atoms with E-state index in [1.807, 2.05) is 0 Å². The van der Waals surface area contributed by atoms with Crippen molar-refractivity contribution in [3.8, 4) is 0 Å². The highest BCUT2D eigenvalue weighted by Gasteiger charge is 2.38. The van der Waals surface area contributed by atoms with Crippen LogP contribution < -0.4 is 0 Å². The standard InChI is InChI=1S/C10H8F6N/c1-2-3-6-5-17-8(10(14,15)16)4-7(6)9(11,12)13/h3-5H,2H2,1H3. The molecule has 0 spiro atoms. The lowest BCUT2D eigenvalue weighted by molar-refractivity contribution is -0.145. The van der Waals surface area contributed by atoms with Gasteiger partial charge in [0.05, 0.1) is 5.56 Å². The average molecular weight is 256 g/mol. The summed E-state index contributed by atoms with van der Waals surface area (Å²) in [6.45, 7) is 1.58. The summed E-state index contributed by atoms with van der Waals surface area (Å²) < 4.78 is 74.3. The van der Waals surface area contributed by atoms with Gasteiger partial charge in [0.1, 0.15) is 5.69 Å². The number of nitrogens with zero attached hydrogens (tertiary/aromatic N) is 1. The molecule has 1 aromatic heterocycles. The fourth-order valence-electron chi connectivity index (χ4n) is 1.25. The zero-order chi connectivity index (χ0) is 13.3. The van der Waals surface area contributed by atoms with Crippen LogP contribution in [-0.2, 0) is 12.4 Å². The summed E-state index contributed by atoms with van der Waals surface area (Å²) in [6.07, 6.45) is -7.67. The molecule has 1 aromatic rings. The van der Waals surface area contributed by atoms with Crippen LogP contribution >= 0.6 is 0 Å². The monoisotopic (exact) mass is 256 g/mol. The van der Waals surface area contributed by atoms with Crippen LogP contribution in [0.3, 0.4) is 0 Å². The zero-order valence-corrected chi connectivity index (χ0v) is 8.65. The van der Waals surface area contributed by atoms with Crippen molar-refractivity contribution in [2.75, 3.05) is 0 Å². The Hall–Kier alpha value is -1.27. The molecule has 1 heterocycles. The molecule has 0 aliphatic carbocycles. The van der Waals surface area contributed by atoms with E-state index in [4.69, 9.17) is 0 Å². The van der Waals surface area contributed by atoms with E-state index in [9.17, 15) is 26.3 Å². The van der Waals surface area contributed by atoms with Gasteiger partial charge in [-0.1, -0.05) is 6.92 Å². The molecule has 95 valence electrons. The lowest BCUT2D eigenvalue weighted by Crippen LogP contribution is -2.14. The number of pyridine rings is 1. The molecule has 0 bridgehead atoms. The third kappa shape index (κ3) is 3.34. The third-order valence-corrected chi connectivity index (χ3v) is 1.95. The molecule has 17 heavy (non-hydrogen) atoms. The van der Waals surface area contributed by atoms with Crippen molar-refractivity contribution in [1.29, 1.82) is 0 Å². The molecular weight excluding hydrogens is 248 g/mol. The Labute approximate surface area is 93.5 Å². The molecule has 0 aromatic carbocycles. The van der Waals surface area contributed by atoms with E-state index in [0.717, 1.165) is 0 Å². The van der Waals surface area contributed by atoms with E-state index >= 15 is 0 Å². The molecule has 0 saturated carbocycles. The maximum Gasteiger partial charge on any atom is 0.433 e. The van der Waals surface area contributed by atoms with Crippen LogP contribution in [0.15, 0.2) is 12.3 Å². The van der Waals surface area contributed by atoms with Crippen LogP contribution in [0, 0.1) is 6.42 Å². The van der Waals surface area contributed by atoms with Gasteiger partial charge < -0.3 is 0 Å². The van der Waals surface area contributed by atoms with Gasteiger partial charge in [0, 0.05) is 6.20 Å². The predicted octanol–water partition coefficient (Wildman–Crippen LogP) is 4.08. The van der Waals surface area contributed by atoms with Crippen molar-refractivity contribution in [2.45, 2.75) is 25.7 Å². The Balaban J connectivity index is 3.30. The molecule has 0 fully saturated rings. The van der Waals surface area contributed by atoms with Crippen molar-refractivity contribution >= 4 is 0 Å². The molecule has 1 nitrogen and oxygen atoms in total. The van der Waals surface area contributed by atoms with Gasteiger partial charge in [0.25, 0.3) is 0 Å². The summed E-state index contributed by atoms with van der Waals surface area (Å²) in [5.41, 5.74) is -3.20. The first-order valence-corrected chi connectivity index (χ1v) is 4.64. The smallest absolute Gasteiger partial charge is 0.251 e. The molecule has 0 saturated heterocycles. The van der Waals surface area contributed by atoms with Crippen LogP contribution in [0.2, 0.25) is 0 Å². The molecule has 0 atom stereocenters. The summed E-state index contributed by atoms with van der Waals surface area (Å²) in [5.74, 6) is 0. The first-order valence-electron chi connectivity index (χ1n) is 4.64. The quantitative estimate of drug-likeness (QED) is 0.726. The predicted molar refractivity (Wildman–Crippen MR) is 47.9 cm³/mol.